The number of carbonyl (C=O) groups is 1. The highest BCUT2D eigenvalue weighted by Crippen LogP contribution is 2.35. The summed E-state index contributed by atoms with van der Waals surface area (Å²) in [5.41, 5.74) is 4.34. The maximum atomic E-state index is 12.3. The minimum absolute atomic E-state index is 0.0794. The molecule has 1 aromatic heterocycles. The molecule has 1 aliphatic carbocycles. The van der Waals surface area contributed by atoms with Crippen LogP contribution in [0.4, 0.5) is 0 Å². The molecule has 1 heterocycles. The van der Waals surface area contributed by atoms with Gasteiger partial charge in [-0.25, -0.2) is 0 Å². The molecule has 0 fully saturated rings. The minimum Gasteiger partial charge on any atom is -0.333 e. The largest absolute Gasteiger partial charge is 0.333 e. The molecule has 0 saturated heterocycles. The Morgan fingerprint density at radius 3 is 2.87 bits per heavy atom. The average Bonchev–Trinajstić information content (AvgIpc) is 2.76. The summed E-state index contributed by atoms with van der Waals surface area (Å²) in [6.07, 6.45) is 2.37. The van der Waals surface area contributed by atoms with Gasteiger partial charge in [0.2, 0.25) is 5.91 Å². The van der Waals surface area contributed by atoms with Gasteiger partial charge in [-0.05, 0) is 30.5 Å². The first-order valence-electron chi connectivity index (χ1n) is 7.68. The van der Waals surface area contributed by atoms with Crippen molar-refractivity contribution in [3.05, 3.63) is 64.5 Å². The van der Waals surface area contributed by atoms with Gasteiger partial charge in [0, 0.05) is 19.5 Å². The first-order chi connectivity index (χ1) is 11.0. The lowest BCUT2D eigenvalue weighted by molar-refractivity contribution is -0.127. The van der Waals surface area contributed by atoms with Crippen LogP contribution in [0.1, 0.15) is 28.4 Å². The number of nitrogens with zero attached hydrogens (tertiary/aromatic N) is 3. The van der Waals surface area contributed by atoms with E-state index in [0.29, 0.717) is 24.0 Å². The Kier molecular flexibility index (Phi) is 4.26. The van der Waals surface area contributed by atoms with E-state index in [9.17, 15) is 4.79 Å². The second kappa shape index (κ2) is 6.20. The molecule has 0 spiro atoms. The van der Waals surface area contributed by atoms with E-state index < -0.39 is 0 Å². The fraction of sp³-hybridized carbons (Fsp3) is 0.333. The van der Waals surface area contributed by atoms with E-state index in [1.54, 1.807) is 9.58 Å². The number of rotatable bonds is 5. The van der Waals surface area contributed by atoms with Gasteiger partial charge in [-0.15, -0.1) is 0 Å². The zero-order valence-electron chi connectivity index (χ0n) is 13.4. The Bertz CT molecular complexity index is 766. The molecule has 1 aromatic carbocycles. The van der Waals surface area contributed by atoms with Gasteiger partial charge in [0.05, 0.1) is 23.0 Å². The van der Waals surface area contributed by atoms with Gasteiger partial charge in [-0.2, -0.15) is 5.10 Å². The molecule has 0 N–H and O–H groups in total. The molecule has 0 radical (unpaired) electrons. The van der Waals surface area contributed by atoms with Crippen molar-refractivity contribution in [1.29, 1.82) is 0 Å². The number of aryl methyl sites for hydroxylation is 2. The lowest BCUT2D eigenvalue weighted by Crippen LogP contribution is -2.37. The number of halogens is 1. The number of benzene rings is 1. The number of fused-ring (bicyclic) bond motifs is 1. The van der Waals surface area contributed by atoms with Crippen molar-refractivity contribution in [2.45, 2.75) is 25.8 Å². The molecule has 5 heteroatoms. The van der Waals surface area contributed by atoms with Crippen molar-refractivity contribution in [1.82, 2.24) is 14.7 Å². The zero-order chi connectivity index (χ0) is 16.6. The molecule has 4 nitrogen and oxygen atoms in total. The zero-order valence-corrected chi connectivity index (χ0v) is 14.2. The molecule has 0 aliphatic heterocycles. The molecule has 1 atom stereocenters. The van der Waals surface area contributed by atoms with E-state index in [1.165, 1.54) is 17.2 Å². The highest BCUT2D eigenvalue weighted by atomic mass is 35.5. The first-order valence-corrected chi connectivity index (χ1v) is 8.06. The molecule has 1 unspecified atom stereocenters. The SMILES string of the molecule is C=CC(=O)N(Cc1c(Cl)c(C)nn1C)CC1Cc2ccccc21. The van der Waals surface area contributed by atoms with Crippen molar-refractivity contribution in [2.75, 3.05) is 6.54 Å². The van der Waals surface area contributed by atoms with Crippen LogP contribution in [0, 0.1) is 6.92 Å². The summed E-state index contributed by atoms with van der Waals surface area (Å²) >= 11 is 6.32. The summed E-state index contributed by atoms with van der Waals surface area (Å²) in [4.78, 5) is 14.1. The second-order valence-electron chi connectivity index (χ2n) is 5.99. The van der Waals surface area contributed by atoms with Crippen molar-refractivity contribution in [3.63, 3.8) is 0 Å². The van der Waals surface area contributed by atoms with Crippen molar-refractivity contribution < 1.29 is 4.79 Å². The Morgan fingerprint density at radius 2 is 2.26 bits per heavy atom. The molecule has 120 valence electrons. The van der Waals surface area contributed by atoms with Crippen molar-refractivity contribution in [3.8, 4) is 0 Å². The third-order valence-electron chi connectivity index (χ3n) is 4.49. The summed E-state index contributed by atoms with van der Waals surface area (Å²) in [5, 5.41) is 4.95. The standard InChI is InChI=1S/C18H20ClN3O/c1-4-17(23)22(11-16-18(19)12(2)20-21(16)3)10-14-9-13-7-5-6-8-15(13)14/h4-8,14H,1,9-11H2,2-3H3. The van der Waals surface area contributed by atoms with Crippen LogP contribution >= 0.6 is 11.6 Å². The van der Waals surface area contributed by atoms with E-state index >= 15 is 0 Å². The van der Waals surface area contributed by atoms with Gasteiger partial charge in [-0.1, -0.05) is 42.4 Å². The van der Waals surface area contributed by atoms with E-state index in [-0.39, 0.29) is 5.91 Å². The van der Waals surface area contributed by atoms with Crippen LogP contribution in [0.3, 0.4) is 0 Å². The third-order valence-corrected chi connectivity index (χ3v) is 4.98. The van der Waals surface area contributed by atoms with Crippen LogP contribution in [-0.2, 0) is 24.8 Å². The number of hydrogen-bond donors (Lipinski definition) is 0. The van der Waals surface area contributed by atoms with Gasteiger partial charge in [-0.3, -0.25) is 9.48 Å². The monoisotopic (exact) mass is 329 g/mol. The lowest BCUT2D eigenvalue weighted by Gasteiger charge is -2.34. The molecule has 0 bridgehead atoms. The molecular formula is C18H20ClN3O. The smallest absolute Gasteiger partial charge is 0.246 e. The summed E-state index contributed by atoms with van der Waals surface area (Å²) in [5.74, 6) is 0.299. The molecule has 23 heavy (non-hydrogen) atoms. The van der Waals surface area contributed by atoms with Gasteiger partial charge in [0.1, 0.15) is 0 Å². The van der Waals surface area contributed by atoms with Gasteiger partial charge in [0.15, 0.2) is 0 Å². The predicted octanol–water partition coefficient (Wildman–Crippen LogP) is 3.24. The van der Waals surface area contributed by atoms with E-state index in [2.05, 4.69) is 29.9 Å². The maximum Gasteiger partial charge on any atom is 0.246 e. The summed E-state index contributed by atoms with van der Waals surface area (Å²) in [6, 6.07) is 8.39. The summed E-state index contributed by atoms with van der Waals surface area (Å²) < 4.78 is 1.75. The van der Waals surface area contributed by atoms with E-state index in [0.717, 1.165) is 17.8 Å². The average molecular weight is 330 g/mol. The second-order valence-corrected chi connectivity index (χ2v) is 6.37. The highest BCUT2D eigenvalue weighted by molar-refractivity contribution is 6.31. The van der Waals surface area contributed by atoms with Gasteiger partial charge >= 0.3 is 0 Å². The number of carbonyl (C=O) groups excluding carboxylic acids is 1. The fourth-order valence-corrected chi connectivity index (χ4v) is 3.41. The number of amides is 1. The molecule has 3 rings (SSSR count). The summed E-state index contributed by atoms with van der Waals surface area (Å²) in [6.45, 7) is 6.60. The highest BCUT2D eigenvalue weighted by Gasteiger charge is 2.29. The minimum atomic E-state index is -0.0794. The first kappa shape index (κ1) is 15.8. The van der Waals surface area contributed by atoms with E-state index in [1.807, 2.05) is 20.0 Å². The third kappa shape index (κ3) is 2.91. The van der Waals surface area contributed by atoms with Crippen LogP contribution in [0.2, 0.25) is 5.02 Å². The van der Waals surface area contributed by atoms with Crippen LogP contribution in [0.25, 0.3) is 0 Å². The Hall–Kier alpha value is -2.07. The molecule has 2 aromatic rings. The quantitative estimate of drug-likeness (QED) is 0.790. The van der Waals surface area contributed by atoms with Crippen molar-refractivity contribution >= 4 is 17.5 Å². The van der Waals surface area contributed by atoms with Gasteiger partial charge in [0.25, 0.3) is 0 Å². The van der Waals surface area contributed by atoms with Gasteiger partial charge < -0.3 is 4.90 Å². The predicted molar refractivity (Wildman–Crippen MR) is 91.5 cm³/mol. The van der Waals surface area contributed by atoms with Crippen LogP contribution in [-0.4, -0.2) is 27.1 Å². The maximum absolute atomic E-state index is 12.3. The van der Waals surface area contributed by atoms with Crippen molar-refractivity contribution in [2.24, 2.45) is 7.05 Å². The molecule has 0 saturated carbocycles. The molecule has 1 amide bonds. The molecule has 1 aliphatic rings. The Morgan fingerprint density at radius 1 is 1.52 bits per heavy atom. The normalized spacial score (nSPS) is 15.7. The number of hydrogen-bond acceptors (Lipinski definition) is 2. The van der Waals surface area contributed by atoms with E-state index in [4.69, 9.17) is 11.6 Å². The van der Waals surface area contributed by atoms with Crippen LogP contribution in [0.15, 0.2) is 36.9 Å². The summed E-state index contributed by atoms with van der Waals surface area (Å²) in [7, 11) is 1.85. The Labute approximate surface area is 141 Å². The molecular weight excluding hydrogens is 310 g/mol. The number of aromatic nitrogens is 2. The fourth-order valence-electron chi connectivity index (χ4n) is 3.19. The van der Waals surface area contributed by atoms with Crippen LogP contribution in [0.5, 0.6) is 0 Å². The topological polar surface area (TPSA) is 38.1 Å². The van der Waals surface area contributed by atoms with Crippen LogP contribution < -0.4 is 0 Å². The Balaban J connectivity index is 1.80. The lowest BCUT2D eigenvalue weighted by atomic mass is 9.77.